The molecule has 1 aromatic carbocycles. The van der Waals surface area contributed by atoms with E-state index in [9.17, 15) is 14.7 Å². The molecule has 6 heteroatoms. The predicted octanol–water partition coefficient (Wildman–Crippen LogP) is 2.42. The Labute approximate surface area is 147 Å². The largest absolute Gasteiger partial charge is 0.389 e. The minimum absolute atomic E-state index is 0.000159. The van der Waals surface area contributed by atoms with Crippen molar-refractivity contribution in [1.29, 1.82) is 0 Å². The number of amides is 2. The number of nitrogens with one attached hydrogen (secondary N) is 1. The van der Waals surface area contributed by atoms with Gasteiger partial charge in [0.05, 0.1) is 24.1 Å². The van der Waals surface area contributed by atoms with Crippen LogP contribution in [-0.4, -0.2) is 40.5 Å². The summed E-state index contributed by atoms with van der Waals surface area (Å²) in [5.41, 5.74) is 0.0617. The minimum Gasteiger partial charge on any atom is -0.389 e. The number of aliphatic hydroxyl groups is 1. The van der Waals surface area contributed by atoms with Gasteiger partial charge in [0.15, 0.2) is 0 Å². The molecule has 1 aromatic rings. The zero-order valence-corrected chi connectivity index (χ0v) is 14.6. The maximum atomic E-state index is 12.4. The van der Waals surface area contributed by atoms with E-state index in [1.807, 2.05) is 12.1 Å². The van der Waals surface area contributed by atoms with Crippen LogP contribution in [0.5, 0.6) is 0 Å². The highest BCUT2D eigenvalue weighted by atomic mass is 35.5. The lowest BCUT2D eigenvalue weighted by atomic mass is 9.96. The molecule has 1 saturated carbocycles. The van der Waals surface area contributed by atoms with Crippen LogP contribution < -0.4 is 5.32 Å². The standard InChI is InChI=1S/C18H23ClN2O3/c1-21-16(23)10-14(17(21)12-4-6-13(19)7-5-12)20-15(22)11-18(24)8-2-3-9-18/h4-7,14,17,24H,2-3,8-11H2,1H3,(H,20,22)/t14-,17-/m0/s1. The maximum Gasteiger partial charge on any atom is 0.225 e. The fourth-order valence-corrected chi connectivity index (χ4v) is 4.01. The highest BCUT2D eigenvalue weighted by molar-refractivity contribution is 6.30. The molecule has 130 valence electrons. The van der Waals surface area contributed by atoms with Gasteiger partial charge < -0.3 is 15.3 Å². The average molecular weight is 351 g/mol. The Morgan fingerprint density at radius 1 is 1.33 bits per heavy atom. The molecule has 0 unspecified atom stereocenters. The topological polar surface area (TPSA) is 69.6 Å². The van der Waals surface area contributed by atoms with Gasteiger partial charge in [-0.2, -0.15) is 0 Å². The van der Waals surface area contributed by atoms with Gasteiger partial charge in [0.2, 0.25) is 11.8 Å². The summed E-state index contributed by atoms with van der Waals surface area (Å²) in [6.45, 7) is 0. The van der Waals surface area contributed by atoms with Crippen molar-refractivity contribution in [3.63, 3.8) is 0 Å². The normalized spacial score (nSPS) is 26.0. The number of rotatable bonds is 4. The third kappa shape index (κ3) is 3.57. The number of hydrogen-bond acceptors (Lipinski definition) is 3. The second kappa shape index (κ2) is 6.73. The van der Waals surface area contributed by atoms with Crippen molar-refractivity contribution in [2.75, 3.05) is 7.05 Å². The van der Waals surface area contributed by atoms with Gasteiger partial charge in [0.25, 0.3) is 0 Å². The average Bonchev–Trinajstić information content (AvgIpc) is 3.05. The second-order valence-electron chi connectivity index (χ2n) is 6.99. The van der Waals surface area contributed by atoms with Crippen LogP contribution in [0.25, 0.3) is 0 Å². The number of hydrogen-bond donors (Lipinski definition) is 2. The molecule has 0 radical (unpaired) electrons. The molecule has 0 aromatic heterocycles. The van der Waals surface area contributed by atoms with Crippen LogP contribution in [0.15, 0.2) is 24.3 Å². The zero-order chi connectivity index (χ0) is 17.3. The summed E-state index contributed by atoms with van der Waals surface area (Å²) in [4.78, 5) is 26.2. The van der Waals surface area contributed by atoms with E-state index in [2.05, 4.69) is 5.32 Å². The van der Waals surface area contributed by atoms with Gasteiger partial charge in [-0.05, 0) is 30.5 Å². The molecule has 24 heavy (non-hydrogen) atoms. The molecule has 0 spiro atoms. The second-order valence-corrected chi connectivity index (χ2v) is 7.42. The quantitative estimate of drug-likeness (QED) is 0.876. The molecular formula is C18H23ClN2O3. The van der Waals surface area contributed by atoms with Crippen LogP contribution in [0.2, 0.25) is 5.02 Å². The Balaban J connectivity index is 1.71. The van der Waals surface area contributed by atoms with Crippen molar-refractivity contribution < 1.29 is 14.7 Å². The summed E-state index contributed by atoms with van der Waals surface area (Å²) in [5, 5.41) is 14.0. The Bertz CT molecular complexity index is 626. The van der Waals surface area contributed by atoms with Crippen LogP contribution in [0, 0.1) is 0 Å². The van der Waals surface area contributed by atoms with Crippen LogP contribution >= 0.6 is 11.6 Å². The van der Waals surface area contributed by atoms with Crippen molar-refractivity contribution in [3.8, 4) is 0 Å². The smallest absolute Gasteiger partial charge is 0.225 e. The van der Waals surface area contributed by atoms with E-state index >= 15 is 0 Å². The first-order valence-electron chi connectivity index (χ1n) is 8.41. The number of likely N-dealkylation sites (tertiary alicyclic amines) is 1. The van der Waals surface area contributed by atoms with E-state index in [1.54, 1.807) is 24.1 Å². The third-order valence-electron chi connectivity index (χ3n) is 5.17. The lowest BCUT2D eigenvalue weighted by Gasteiger charge is -2.27. The van der Waals surface area contributed by atoms with Gasteiger partial charge in [-0.1, -0.05) is 36.6 Å². The van der Waals surface area contributed by atoms with Crippen molar-refractivity contribution >= 4 is 23.4 Å². The Kier molecular flexibility index (Phi) is 4.83. The minimum atomic E-state index is -0.881. The molecule has 0 bridgehead atoms. The Morgan fingerprint density at radius 3 is 2.58 bits per heavy atom. The van der Waals surface area contributed by atoms with Crippen molar-refractivity contribution in [3.05, 3.63) is 34.9 Å². The van der Waals surface area contributed by atoms with Gasteiger partial charge in [0, 0.05) is 18.5 Å². The predicted molar refractivity (Wildman–Crippen MR) is 91.5 cm³/mol. The van der Waals surface area contributed by atoms with Crippen LogP contribution in [0.1, 0.15) is 50.1 Å². The molecule has 1 aliphatic heterocycles. The lowest BCUT2D eigenvalue weighted by Crippen LogP contribution is -2.42. The summed E-state index contributed by atoms with van der Waals surface area (Å²) in [7, 11) is 1.75. The van der Waals surface area contributed by atoms with Crippen molar-refractivity contribution in [2.24, 2.45) is 0 Å². The van der Waals surface area contributed by atoms with Gasteiger partial charge in [-0.3, -0.25) is 9.59 Å². The molecule has 2 amide bonds. The first kappa shape index (κ1) is 17.2. The van der Waals surface area contributed by atoms with Gasteiger partial charge in [-0.25, -0.2) is 0 Å². The summed E-state index contributed by atoms with van der Waals surface area (Å²) in [5.74, 6) is -0.189. The number of carbonyl (C=O) groups is 2. The molecule has 2 aliphatic rings. The van der Waals surface area contributed by atoms with Crippen molar-refractivity contribution in [1.82, 2.24) is 10.2 Å². The van der Waals surface area contributed by atoms with E-state index in [-0.39, 0.29) is 36.7 Å². The number of carbonyl (C=O) groups excluding carboxylic acids is 2. The van der Waals surface area contributed by atoms with Gasteiger partial charge >= 0.3 is 0 Å². The maximum absolute atomic E-state index is 12.4. The van der Waals surface area contributed by atoms with Crippen LogP contribution in [0.4, 0.5) is 0 Å². The summed E-state index contributed by atoms with van der Waals surface area (Å²) >= 11 is 5.94. The van der Waals surface area contributed by atoms with Gasteiger partial charge in [-0.15, -0.1) is 0 Å². The lowest BCUT2D eigenvalue weighted by molar-refractivity contribution is -0.128. The Morgan fingerprint density at radius 2 is 1.96 bits per heavy atom. The van der Waals surface area contributed by atoms with E-state index < -0.39 is 5.60 Å². The molecule has 1 heterocycles. The molecule has 3 rings (SSSR count). The number of benzene rings is 1. The summed E-state index contributed by atoms with van der Waals surface area (Å²) < 4.78 is 0. The van der Waals surface area contributed by atoms with E-state index in [0.717, 1.165) is 18.4 Å². The monoisotopic (exact) mass is 350 g/mol. The fourth-order valence-electron chi connectivity index (χ4n) is 3.88. The highest BCUT2D eigenvalue weighted by Gasteiger charge is 2.40. The van der Waals surface area contributed by atoms with Gasteiger partial charge in [0.1, 0.15) is 0 Å². The van der Waals surface area contributed by atoms with E-state index in [0.29, 0.717) is 17.9 Å². The SMILES string of the molecule is CN1C(=O)C[C@H](NC(=O)CC2(O)CCCC2)[C@@H]1c1ccc(Cl)cc1. The van der Waals surface area contributed by atoms with E-state index in [4.69, 9.17) is 11.6 Å². The molecule has 2 fully saturated rings. The molecule has 1 saturated heterocycles. The molecule has 1 aliphatic carbocycles. The Hall–Kier alpha value is -1.59. The summed E-state index contributed by atoms with van der Waals surface area (Å²) in [6, 6.07) is 6.83. The van der Waals surface area contributed by atoms with Crippen molar-refractivity contribution in [2.45, 2.75) is 56.2 Å². The number of halogens is 1. The number of likely N-dealkylation sites (N-methyl/N-ethyl adjacent to an activating group) is 1. The number of nitrogens with zero attached hydrogens (tertiary/aromatic N) is 1. The van der Waals surface area contributed by atoms with Crippen LogP contribution in [0.3, 0.4) is 0 Å². The molecular weight excluding hydrogens is 328 g/mol. The third-order valence-corrected chi connectivity index (χ3v) is 5.42. The molecule has 2 N–H and O–H groups in total. The molecule has 5 nitrogen and oxygen atoms in total. The first-order valence-corrected chi connectivity index (χ1v) is 8.79. The van der Waals surface area contributed by atoms with Crippen LogP contribution in [-0.2, 0) is 9.59 Å². The first-order chi connectivity index (χ1) is 11.4. The zero-order valence-electron chi connectivity index (χ0n) is 13.8. The van der Waals surface area contributed by atoms with E-state index in [1.165, 1.54) is 0 Å². The molecule has 2 atom stereocenters. The highest BCUT2D eigenvalue weighted by Crippen LogP contribution is 2.34. The summed E-state index contributed by atoms with van der Waals surface area (Å²) in [6.07, 6.45) is 3.64. The fraction of sp³-hybridized carbons (Fsp3) is 0.556.